The number of benzene rings is 1. The highest BCUT2D eigenvalue weighted by Crippen LogP contribution is 2.18. The van der Waals surface area contributed by atoms with Crippen molar-refractivity contribution in [1.29, 1.82) is 0 Å². The molecule has 0 fully saturated rings. The first-order chi connectivity index (χ1) is 12.0. The van der Waals surface area contributed by atoms with Crippen LogP contribution in [0.25, 0.3) is 11.3 Å². The van der Waals surface area contributed by atoms with Gasteiger partial charge in [0, 0.05) is 24.8 Å². The van der Waals surface area contributed by atoms with Gasteiger partial charge in [-0.3, -0.25) is 0 Å². The molecule has 2 amide bonds. The van der Waals surface area contributed by atoms with Crippen LogP contribution in [0, 0.1) is 5.92 Å². The van der Waals surface area contributed by atoms with Gasteiger partial charge in [0.1, 0.15) is 5.69 Å². The first kappa shape index (κ1) is 19.0. The lowest BCUT2D eigenvalue weighted by molar-refractivity contribution is 0.0272. The van der Waals surface area contributed by atoms with Gasteiger partial charge < -0.3 is 25.0 Å². The third-order valence-electron chi connectivity index (χ3n) is 3.31. The zero-order chi connectivity index (χ0) is 18.1. The fourth-order valence-electron chi connectivity index (χ4n) is 2.08. The van der Waals surface area contributed by atoms with Crippen LogP contribution in [0.4, 0.5) is 4.79 Å². The number of ether oxygens (including phenoxy) is 1. The van der Waals surface area contributed by atoms with Crippen molar-refractivity contribution in [2.24, 2.45) is 5.92 Å². The highest BCUT2D eigenvalue weighted by atomic mass is 16.5. The smallest absolute Gasteiger partial charge is 0.315 e. The van der Waals surface area contributed by atoms with Crippen molar-refractivity contribution in [3.05, 3.63) is 42.2 Å². The minimum atomic E-state index is -0.737. The van der Waals surface area contributed by atoms with Gasteiger partial charge >= 0.3 is 6.03 Å². The molecule has 0 bridgehead atoms. The van der Waals surface area contributed by atoms with Crippen molar-refractivity contribution in [3.8, 4) is 11.3 Å². The van der Waals surface area contributed by atoms with Crippen LogP contribution < -0.4 is 10.6 Å². The van der Waals surface area contributed by atoms with Gasteiger partial charge in [0.2, 0.25) is 0 Å². The predicted octanol–water partition coefficient (Wildman–Crippen LogP) is 2.17. The molecule has 1 heterocycles. The molecule has 0 radical (unpaired) electrons. The van der Waals surface area contributed by atoms with E-state index in [4.69, 9.17) is 9.26 Å². The summed E-state index contributed by atoms with van der Waals surface area (Å²) in [6.45, 7) is 5.18. The third-order valence-corrected chi connectivity index (χ3v) is 3.31. The second kappa shape index (κ2) is 9.80. The topological polar surface area (TPSA) is 96.6 Å². The van der Waals surface area contributed by atoms with Gasteiger partial charge in [-0.25, -0.2) is 4.79 Å². The van der Waals surface area contributed by atoms with Crippen molar-refractivity contribution < 1.29 is 19.2 Å². The number of hydrogen-bond acceptors (Lipinski definition) is 5. The largest absolute Gasteiger partial charge is 0.389 e. The van der Waals surface area contributed by atoms with E-state index < -0.39 is 6.10 Å². The van der Waals surface area contributed by atoms with Crippen molar-refractivity contribution in [1.82, 2.24) is 15.8 Å². The van der Waals surface area contributed by atoms with Gasteiger partial charge in [-0.2, -0.15) is 0 Å². The van der Waals surface area contributed by atoms with E-state index >= 15 is 0 Å². The van der Waals surface area contributed by atoms with E-state index in [0.29, 0.717) is 18.3 Å². The molecule has 0 unspecified atom stereocenters. The molecule has 1 aromatic heterocycles. The SMILES string of the molecule is CC(C)COC[C@H](O)CNC(=O)NCc1cc(-c2ccccc2)no1. The maximum atomic E-state index is 11.7. The summed E-state index contributed by atoms with van der Waals surface area (Å²) >= 11 is 0. The van der Waals surface area contributed by atoms with E-state index in [1.807, 2.05) is 44.2 Å². The number of nitrogens with zero attached hydrogens (tertiary/aromatic N) is 1. The van der Waals surface area contributed by atoms with E-state index in [2.05, 4.69) is 15.8 Å². The summed E-state index contributed by atoms with van der Waals surface area (Å²) in [5.74, 6) is 0.959. The molecule has 2 rings (SSSR count). The molecular formula is C18H25N3O4. The quantitative estimate of drug-likeness (QED) is 0.646. The second-order valence-corrected chi connectivity index (χ2v) is 6.19. The number of aliphatic hydroxyl groups excluding tert-OH is 1. The lowest BCUT2D eigenvalue weighted by Gasteiger charge is -2.13. The molecule has 1 aromatic carbocycles. The average molecular weight is 347 g/mol. The van der Waals surface area contributed by atoms with E-state index in [1.165, 1.54) is 0 Å². The Kier molecular flexibility index (Phi) is 7.43. The summed E-state index contributed by atoms with van der Waals surface area (Å²) in [6, 6.07) is 11.0. The standard InChI is InChI=1S/C18H25N3O4/c1-13(2)11-24-12-15(22)9-19-18(23)20-10-16-8-17(21-25-16)14-6-4-3-5-7-14/h3-8,13,15,22H,9-12H2,1-2H3,(H2,19,20,23)/t15-/m1/s1. The van der Waals surface area contributed by atoms with Crippen LogP contribution in [-0.4, -0.2) is 42.2 Å². The molecule has 7 heteroatoms. The first-order valence-electron chi connectivity index (χ1n) is 8.33. The molecule has 0 aliphatic rings. The summed E-state index contributed by atoms with van der Waals surface area (Å²) in [6.07, 6.45) is -0.737. The van der Waals surface area contributed by atoms with Crippen LogP contribution in [0.5, 0.6) is 0 Å². The van der Waals surface area contributed by atoms with Crippen molar-refractivity contribution in [2.75, 3.05) is 19.8 Å². The lowest BCUT2D eigenvalue weighted by atomic mass is 10.1. The summed E-state index contributed by atoms with van der Waals surface area (Å²) in [4.78, 5) is 11.7. The Balaban J connectivity index is 1.67. The number of urea groups is 1. The Morgan fingerprint density at radius 1 is 1.24 bits per heavy atom. The van der Waals surface area contributed by atoms with E-state index in [1.54, 1.807) is 6.07 Å². The number of aromatic nitrogens is 1. The predicted molar refractivity (Wildman–Crippen MR) is 93.8 cm³/mol. The molecule has 25 heavy (non-hydrogen) atoms. The number of amides is 2. The molecule has 3 N–H and O–H groups in total. The molecule has 0 spiro atoms. The van der Waals surface area contributed by atoms with E-state index in [0.717, 1.165) is 11.3 Å². The molecule has 0 aliphatic heterocycles. The van der Waals surface area contributed by atoms with E-state index in [-0.39, 0.29) is 25.7 Å². The van der Waals surface area contributed by atoms with Gasteiger partial charge in [-0.15, -0.1) is 0 Å². The van der Waals surface area contributed by atoms with Crippen molar-refractivity contribution in [2.45, 2.75) is 26.5 Å². The van der Waals surface area contributed by atoms with Crippen molar-refractivity contribution >= 4 is 6.03 Å². The highest BCUT2D eigenvalue weighted by molar-refractivity contribution is 5.73. The number of carbonyl (C=O) groups excluding carboxylic acids is 1. The molecule has 7 nitrogen and oxygen atoms in total. The molecule has 2 aromatic rings. The minimum Gasteiger partial charge on any atom is -0.389 e. The summed E-state index contributed by atoms with van der Waals surface area (Å²) in [5.41, 5.74) is 1.67. The number of hydrogen-bond donors (Lipinski definition) is 3. The van der Waals surface area contributed by atoms with Crippen LogP contribution in [-0.2, 0) is 11.3 Å². The molecule has 1 atom stereocenters. The van der Waals surface area contributed by atoms with Crippen LogP contribution in [0.15, 0.2) is 40.9 Å². The molecule has 0 saturated heterocycles. The summed E-state index contributed by atoms with van der Waals surface area (Å²) in [7, 11) is 0. The second-order valence-electron chi connectivity index (χ2n) is 6.19. The molecular weight excluding hydrogens is 322 g/mol. The summed E-state index contributed by atoms with van der Waals surface area (Å²) < 4.78 is 10.5. The van der Waals surface area contributed by atoms with Gasteiger partial charge in [0.05, 0.1) is 19.3 Å². The van der Waals surface area contributed by atoms with Gasteiger partial charge in [-0.05, 0) is 5.92 Å². The van der Waals surface area contributed by atoms with Gasteiger partial charge in [0.15, 0.2) is 5.76 Å². The van der Waals surface area contributed by atoms with Crippen LogP contribution in [0.1, 0.15) is 19.6 Å². The number of nitrogens with one attached hydrogen (secondary N) is 2. The Bertz CT molecular complexity index is 643. The Hall–Kier alpha value is -2.38. The van der Waals surface area contributed by atoms with Crippen LogP contribution >= 0.6 is 0 Å². The highest BCUT2D eigenvalue weighted by Gasteiger charge is 2.10. The normalized spacial score (nSPS) is 12.2. The zero-order valence-corrected chi connectivity index (χ0v) is 14.6. The maximum Gasteiger partial charge on any atom is 0.315 e. The minimum absolute atomic E-state index is 0.121. The number of carbonyl (C=O) groups is 1. The summed E-state index contributed by atoms with van der Waals surface area (Å²) in [5, 5.41) is 19.0. The number of rotatable bonds is 9. The maximum absolute atomic E-state index is 11.7. The molecule has 0 saturated carbocycles. The zero-order valence-electron chi connectivity index (χ0n) is 14.6. The fourth-order valence-corrected chi connectivity index (χ4v) is 2.08. The van der Waals surface area contributed by atoms with Gasteiger partial charge in [0.25, 0.3) is 0 Å². The Labute approximate surface area is 147 Å². The fraction of sp³-hybridized carbons (Fsp3) is 0.444. The Morgan fingerprint density at radius 2 is 2.00 bits per heavy atom. The Morgan fingerprint density at radius 3 is 2.72 bits per heavy atom. The monoisotopic (exact) mass is 347 g/mol. The van der Waals surface area contributed by atoms with E-state index in [9.17, 15) is 9.90 Å². The molecule has 136 valence electrons. The van der Waals surface area contributed by atoms with Crippen LogP contribution in [0.3, 0.4) is 0 Å². The van der Waals surface area contributed by atoms with Crippen LogP contribution in [0.2, 0.25) is 0 Å². The molecule has 0 aliphatic carbocycles. The number of aliphatic hydroxyl groups is 1. The van der Waals surface area contributed by atoms with Gasteiger partial charge in [-0.1, -0.05) is 49.3 Å². The third kappa shape index (κ3) is 6.94. The van der Waals surface area contributed by atoms with Crippen molar-refractivity contribution in [3.63, 3.8) is 0 Å². The average Bonchev–Trinajstić information content (AvgIpc) is 3.07. The lowest BCUT2D eigenvalue weighted by Crippen LogP contribution is -2.40. The first-order valence-corrected chi connectivity index (χ1v) is 8.33.